The number of benzene rings is 1. The predicted octanol–water partition coefficient (Wildman–Crippen LogP) is 5.01. The van der Waals surface area contributed by atoms with Crippen LogP contribution in [-0.4, -0.2) is 46.7 Å². The molecule has 8 heteroatoms. The fraction of sp³-hybridized carbons (Fsp3) is 0.464. The maximum atomic E-state index is 11.8. The van der Waals surface area contributed by atoms with E-state index in [1.165, 1.54) is 11.1 Å². The summed E-state index contributed by atoms with van der Waals surface area (Å²) < 4.78 is 5.99. The minimum Gasteiger partial charge on any atom is -0.415 e. The summed E-state index contributed by atoms with van der Waals surface area (Å²) in [6.45, 7) is 8.55. The Morgan fingerprint density at radius 2 is 1.97 bits per heavy atom. The van der Waals surface area contributed by atoms with Crippen LogP contribution in [-0.2, 0) is 11.3 Å². The molecule has 3 N–H and O–H groups in total. The zero-order valence-electron chi connectivity index (χ0n) is 22.0. The van der Waals surface area contributed by atoms with Crippen LogP contribution in [0.5, 0.6) is 0 Å². The molecule has 0 spiro atoms. The molecule has 1 aromatic heterocycles. The van der Waals surface area contributed by atoms with E-state index in [0.29, 0.717) is 18.0 Å². The van der Waals surface area contributed by atoms with Crippen molar-refractivity contribution in [3.05, 3.63) is 59.0 Å². The molecule has 3 rings (SSSR count). The molecule has 1 aromatic carbocycles. The van der Waals surface area contributed by atoms with Crippen LogP contribution >= 0.6 is 0 Å². The van der Waals surface area contributed by atoms with E-state index in [1.54, 1.807) is 6.92 Å². The molecule has 1 amide bonds. The Morgan fingerprint density at radius 1 is 1.22 bits per heavy atom. The van der Waals surface area contributed by atoms with Crippen molar-refractivity contribution < 1.29 is 9.21 Å². The van der Waals surface area contributed by atoms with E-state index in [-0.39, 0.29) is 29.6 Å². The number of aromatic nitrogens is 2. The summed E-state index contributed by atoms with van der Waals surface area (Å²) in [4.78, 5) is 16.8. The summed E-state index contributed by atoms with van der Waals surface area (Å²) in [5.74, 6) is 0.728. The van der Waals surface area contributed by atoms with E-state index in [2.05, 4.69) is 46.8 Å². The number of hydrogen-bond acceptors (Lipinski definition) is 7. The number of amides is 1. The lowest BCUT2D eigenvalue weighted by Gasteiger charge is -2.25. The molecule has 8 nitrogen and oxygen atoms in total. The van der Waals surface area contributed by atoms with Crippen molar-refractivity contribution in [2.45, 2.75) is 78.4 Å². The third kappa shape index (κ3) is 7.31. The van der Waals surface area contributed by atoms with Crippen molar-refractivity contribution in [1.29, 1.82) is 5.41 Å². The largest absolute Gasteiger partial charge is 0.415 e. The second kappa shape index (κ2) is 13.1. The lowest BCUT2D eigenvalue weighted by molar-refractivity contribution is -0.121. The first-order valence-corrected chi connectivity index (χ1v) is 12.7. The van der Waals surface area contributed by atoms with Crippen molar-refractivity contribution in [1.82, 2.24) is 20.8 Å². The highest BCUT2D eigenvalue weighted by molar-refractivity contribution is 6.45. The number of carbonyl (C=O) groups excluding carboxylic acids is 1. The number of hydrogen-bond donors (Lipinski definition) is 3. The van der Waals surface area contributed by atoms with Gasteiger partial charge in [0.2, 0.25) is 11.8 Å². The topological polar surface area (TPSA) is 116 Å². The van der Waals surface area contributed by atoms with Crippen LogP contribution in [0.1, 0.15) is 71.3 Å². The van der Waals surface area contributed by atoms with Gasteiger partial charge >= 0.3 is 0 Å². The number of aliphatic imine (C=N–C) groups is 1. The minimum atomic E-state index is -0.223. The monoisotopic (exact) mass is 490 g/mol. The first-order valence-electron chi connectivity index (χ1n) is 12.7. The molecule has 0 saturated heterocycles. The SMILES string of the molecule is CCC(=O)NC1CC=C(C(C=C(C)CC)N=C(C(C)=N)c2nnc(-c3ccc(CNC)cc3)o2)CC1. The van der Waals surface area contributed by atoms with Crippen molar-refractivity contribution >= 4 is 17.3 Å². The molecular weight excluding hydrogens is 452 g/mol. The van der Waals surface area contributed by atoms with Crippen LogP contribution < -0.4 is 10.6 Å². The molecule has 0 radical (unpaired) electrons. The quantitative estimate of drug-likeness (QED) is 0.302. The van der Waals surface area contributed by atoms with Crippen molar-refractivity contribution in [3.8, 4) is 11.5 Å². The van der Waals surface area contributed by atoms with Crippen LogP contribution in [0.2, 0.25) is 0 Å². The van der Waals surface area contributed by atoms with Gasteiger partial charge in [-0.2, -0.15) is 0 Å². The van der Waals surface area contributed by atoms with E-state index >= 15 is 0 Å². The van der Waals surface area contributed by atoms with Crippen molar-refractivity contribution in [2.24, 2.45) is 4.99 Å². The lowest BCUT2D eigenvalue weighted by atomic mass is 9.89. The Labute approximate surface area is 213 Å². The van der Waals surface area contributed by atoms with E-state index in [1.807, 2.05) is 38.2 Å². The van der Waals surface area contributed by atoms with Crippen LogP contribution in [0.25, 0.3) is 11.5 Å². The van der Waals surface area contributed by atoms with Crippen LogP contribution in [0.3, 0.4) is 0 Å². The van der Waals surface area contributed by atoms with Crippen molar-refractivity contribution in [3.63, 3.8) is 0 Å². The van der Waals surface area contributed by atoms with Gasteiger partial charge in [0.1, 0.15) is 5.71 Å². The molecule has 2 unspecified atom stereocenters. The van der Waals surface area contributed by atoms with Gasteiger partial charge < -0.3 is 20.5 Å². The average molecular weight is 491 g/mol. The Hall–Kier alpha value is -3.39. The van der Waals surface area contributed by atoms with Gasteiger partial charge in [0, 0.05) is 24.6 Å². The molecule has 1 aliphatic carbocycles. The average Bonchev–Trinajstić information content (AvgIpc) is 3.37. The predicted molar refractivity (Wildman–Crippen MR) is 144 cm³/mol. The summed E-state index contributed by atoms with van der Waals surface area (Å²) in [7, 11) is 1.91. The smallest absolute Gasteiger partial charge is 0.268 e. The Morgan fingerprint density at radius 3 is 2.56 bits per heavy atom. The van der Waals surface area contributed by atoms with E-state index in [0.717, 1.165) is 43.4 Å². The van der Waals surface area contributed by atoms with Gasteiger partial charge in [-0.05, 0) is 69.8 Å². The van der Waals surface area contributed by atoms with Gasteiger partial charge in [-0.25, -0.2) is 0 Å². The van der Waals surface area contributed by atoms with Gasteiger partial charge in [0.25, 0.3) is 5.89 Å². The maximum Gasteiger partial charge on any atom is 0.268 e. The van der Waals surface area contributed by atoms with E-state index in [9.17, 15) is 4.79 Å². The van der Waals surface area contributed by atoms with Crippen molar-refractivity contribution in [2.75, 3.05) is 7.05 Å². The first-order chi connectivity index (χ1) is 17.3. The second-order valence-electron chi connectivity index (χ2n) is 9.23. The van der Waals surface area contributed by atoms with Gasteiger partial charge in [-0.15, -0.1) is 10.2 Å². The summed E-state index contributed by atoms with van der Waals surface area (Å²) >= 11 is 0. The third-order valence-electron chi connectivity index (χ3n) is 6.34. The standard InChI is InChI=1S/C28H38N6O2/c1-6-18(3)16-24(21-12-14-23(15-13-21)31-25(35)7-2)32-26(19(4)29)28-34-33-27(36-28)22-10-8-20(9-11-22)17-30-5/h8-12,16,23-24,29-30H,6-7,13-15,17H2,1-5H3,(H,31,35). The number of nitrogens with zero attached hydrogens (tertiary/aromatic N) is 3. The maximum absolute atomic E-state index is 11.8. The normalized spacial score (nSPS) is 17.5. The first kappa shape index (κ1) is 27.2. The fourth-order valence-electron chi connectivity index (χ4n) is 4.05. The second-order valence-corrected chi connectivity index (χ2v) is 9.23. The summed E-state index contributed by atoms with van der Waals surface area (Å²) in [5, 5.41) is 23.1. The number of allylic oxidation sites excluding steroid dienone is 1. The molecule has 2 atom stereocenters. The zero-order valence-corrected chi connectivity index (χ0v) is 22.0. The molecule has 0 saturated carbocycles. The minimum absolute atomic E-state index is 0.0822. The Bertz CT molecular complexity index is 1140. The third-order valence-corrected chi connectivity index (χ3v) is 6.34. The van der Waals surface area contributed by atoms with Gasteiger partial charge in [-0.1, -0.05) is 43.7 Å². The van der Waals surface area contributed by atoms with E-state index < -0.39 is 0 Å². The molecule has 1 aliphatic rings. The molecule has 36 heavy (non-hydrogen) atoms. The fourth-order valence-corrected chi connectivity index (χ4v) is 4.05. The number of carbonyl (C=O) groups is 1. The highest BCUT2D eigenvalue weighted by Crippen LogP contribution is 2.26. The summed E-state index contributed by atoms with van der Waals surface area (Å²) in [6, 6.07) is 7.88. The summed E-state index contributed by atoms with van der Waals surface area (Å²) in [6.07, 6.45) is 8.22. The number of nitrogens with one attached hydrogen (secondary N) is 3. The molecule has 0 bridgehead atoms. The number of rotatable bonds is 11. The van der Waals surface area contributed by atoms with Crippen LogP contribution in [0.4, 0.5) is 0 Å². The van der Waals surface area contributed by atoms with Gasteiger partial charge in [0.15, 0.2) is 0 Å². The van der Waals surface area contributed by atoms with Gasteiger partial charge in [-0.3, -0.25) is 9.79 Å². The highest BCUT2D eigenvalue weighted by Gasteiger charge is 2.23. The lowest BCUT2D eigenvalue weighted by Crippen LogP contribution is -2.35. The molecule has 192 valence electrons. The molecule has 1 heterocycles. The molecule has 2 aromatic rings. The van der Waals surface area contributed by atoms with Gasteiger partial charge in [0.05, 0.1) is 11.8 Å². The van der Waals surface area contributed by atoms with Crippen LogP contribution in [0, 0.1) is 5.41 Å². The Balaban J connectivity index is 1.89. The summed E-state index contributed by atoms with van der Waals surface area (Å²) in [5.41, 5.74) is 5.06. The highest BCUT2D eigenvalue weighted by atomic mass is 16.4. The molecule has 0 fully saturated rings. The molecular formula is C28H38N6O2. The van der Waals surface area contributed by atoms with Crippen LogP contribution in [0.15, 0.2) is 57.0 Å². The molecule has 0 aliphatic heterocycles. The Kier molecular flexibility index (Phi) is 9.87. The zero-order chi connectivity index (χ0) is 26.1. The van der Waals surface area contributed by atoms with E-state index in [4.69, 9.17) is 14.8 Å².